The molecule has 7 heteroatoms. The summed E-state index contributed by atoms with van der Waals surface area (Å²) in [7, 11) is 1.88. The molecule has 0 amide bonds. The first-order chi connectivity index (χ1) is 8.11. The number of nitrogens with zero attached hydrogens (tertiary/aromatic N) is 4. The molecular formula is C10H14N4OS2. The molecule has 17 heavy (non-hydrogen) atoms. The summed E-state index contributed by atoms with van der Waals surface area (Å²) in [6.07, 6.45) is 1.67. The maximum Gasteiger partial charge on any atom is 0.177 e. The van der Waals surface area contributed by atoms with Crippen molar-refractivity contribution in [3.8, 4) is 0 Å². The van der Waals surface area contributed by atoms with Gasteiger partial charge in [-0.15, -0.1) is 0 Å². The normalized spacial score (nSPS) is 11.4. The quantitative estimate of drug-likeness (QED) is 0.921. The molecule has 0 radical (unpaired) electrons. The van der Waals surface area contributed by atoms with Gasteiger partial charge in [0.2, 0.25) is 0 Å². The van der Waals surface area contributed by atoms with E-state index in [1.807, 2.05) is 11.6 Å². The van der Waals surface area contributed by atoms with Gasteiger partial charge in [0.25, 0.3) is 0 Å². The molecule has 1 N–H and O–H groups in total. The van der Waals surface area contributed by atoms with Gasteiger partial charge >= 0.3 is 0 Å². The summed E-state index contributed by atoms with van der Waals surface area (Å²) in [6, 6.07) is 0. The fourth-order valence-corrected chi connectivity index (χ4v) is 2.94. The first-order valence-corrected chi connectivity index (χ1v) is 6.83. The average Bonchev–Trinajstić information content (AvgIpc) is 2.88. The highest BCUT2D eigenvalue weighted by atomic mass is 32.2. The molecular weight excluding hydrogens is 256 g/mol. The Morgan fingerprint density at radius 2 is 2.29 bits per heavy atom. The molecule has 2 aromatic rings. The lowest BCUT2D eigenvalue weighted by molar-refractivity contribution is 0.271. The van der Waals surface area contributed by atoms with Crippen molar-refractivity contribution in [1.82, 2.24) is 18.9 Å². The Kier molecular flexibility index (Phi) is 3.80. The second-order valence-corrected chi connectivity index (χ2v) is 5.89. The number of aliphatic hydroxyl groups is 1. The largest absolute Gasteiger partial charge is 0.390 e. The third-order valence-corrected chi connectivity index (χ3v) is 4.15. The van der Waals surface area contributed by atoms with Crippen molar-refractivity contribution >= 4 is 23.3 Å². The molecule has 0 aliphatic carbocycles. The van der Waals surface area contributed by atoms with Gasteiger partial charge in [-0.05, 0) is 23.3 Å². The zero-order chi connectivity index (χ0) is 12.4. The molecule has 0 bridgehead atoms. The van der Waals surface area contributed by atoms with E-state index in [0.717, 1.165) is 21.0 Å². The van der Waals surface area contributed by atoms with Crippen LogP contribution in [0.2, 0.25) is 0 Å². The van der Waals surface area contributed by atoms with Crippen LogP contribution >= 0.6 is 23.3 Å². The van der Waals surface area contributed by atoms with Crippen LogP contribution in [-0.2, 0) is 13.7 Å². The molecule has 0 aromatic carbocycles. The predicted octanol–water partition coefficient (Wildman–Crippen LogP) is 2.04. The number of hydrogen-bond donors (Lipinski definition) is 1. The number of aliphatic hydroxyl groups excluding tert-OH is 1. The monoisotopic (exact) mass is 270 g/mol. The standard InChI is InChI=1S/C10H14N4OS2/c1-6(2)8-12-10(17-13-8)16-9-11-4-7(5-15)14(9)3/h4,6,15H,5H2,1-3H3. The summed E-state index contributed by atoms with van der Waals surface area (Å²) in [5.41, 5.74) is 0.793. The maximum atomic E-state index is 9.08. The molecule has 0 atom stereocenters. The summed E-state index contributed by atoms with van der Waals surface area (Å²) in [5.74, 6) is 1.21. The molecule has 0 spiro atoms. The van der Waals surface area contributed by atoms with E-state index in [0.29, 0.717) is 5.92 Å². The molecule has 0 aliphatic heterocycles. The molecule has 2 rings (SSSR count). The van der Waals surface area contributed by atoms with Crippen molar-refractivity contribution in [1.29, 1.82) is 0 Å². The van der Waals surface area contributed by atoms with Gasteiger partial charge in [-0.3, -0.25) is 0 Å². The Labute approximate surface area is 108 Å². The van der Waals surface area contributed by atoms with Crippen LogP contribution in [0.3, 0.4) is 0 Å². The summed E-state index contributed by atoms with van der Waals surface area (Å²) >= 11 is 2.86. The van der Waals surface area contributed by atoms with Crippen molar-refractivity contribution in [2.45, 2.75) is 35.9 Å². The van der Waals surface area contributed by atoms with Crippen LogP contribution in [0.1, 0.15) is 31.3 Å². The third kappa shape index (κ3) is 2.67. The fraction of sp³-hybridized carbons (Fsp3) is 0.500. The second kappa shape index (κ2) is 5.16. The lowest BCUT2D eigenvalue weighted by Gasteiger charge is -2.00. The van der Waals surface area contributed by atoms with Crippen LogP contribution in [0.4, 0.5) is 0 Å². The first kappa shape index (κ1) is 12.5. The van der Waals surface area contributed by atoms with Crippen molar-refractivity contribution in [2.24, 2.45) is 7.05 Å². The van der Waals surface area contributed by atoms with E-state index in [1.54, 1.807) is 6.20 Å². The van der Waals surface area contributed by atoms with Gasteiger partial charge in [0, 0.05) is 13.0 Å². The average molecular weight is 270 g/mol. The SMILES string of the molecule is CC(C)c1nsc(Sc2ncc(CO)n2C)n1. The van der Waals surface area contributed by atoms with Gasteiger partial charge in [-0.1, -0.05) is 13.8 Å². The predicted molar refractivity (Wildman–Crippen MR) is 67.3 cm³/mol. The zero-order valence-corrected chi connectivity index (χ0v) is 11.5. The highest BCUT2D eigenvalue weighted by Gasteiger charge is 2.12. The third-order valence-electron chi connectivity index (χ3n) is 2.32. The minimum Gasteiger partial charge on any atom is -0.390 e. The van der Waals surface area contributed by atoms with Gasteiger partial charge < -0.3 is 9.67 Å². The lowest BCUT2D eigenvalue weighted by atomic mass is 10.2. The highest BCUT2D eigenvalue weighted by molar-refractivity contribution is 8.00. The number of aromatic nitrogens is 4. The molecule has 0 unspecified atom stereocenters. The van der Waals surface area contributed by atoms with Gasteiger partial charge in [0.05, 0.1) is 18.5 Å². The van der Waals surface area contributed by atoms with Crippen LogP contribution in [-0.4, -0.2) is 24.0 Å². The summed E-state index contributed by atoms with van der Waals surface area (Å²) in [6.45, 7) is 4.14. The fourth-order valence-electron chi connectivity index (χ4n) is 1.24. The van der Waals surface area contributed by atoms with Crippen LogP contribution in [0.5, 0.6) is 0 Å². The molecule has 2 aromatic heterocycles. The zero-order valence-electron chi connectivity index (χ0n) is 9.91. The van der Waals surface area contributed by atoms with E-state index in [2.05, 4.69) is 28.2 Å². The van der Waals surface area contributed by atoms with Gasteiger partial charge in [0.15, 0.2) is 9.50 Å². The van der Waals surface area contributed by atoms with Crippen molar-refractivity contribution in [3.63, 3.8) is 0 Å². The minimum atomic E-state index is -0.00256. The maximum absolute atomic E-state index is 9.08. The molecule has 0 fully saturated rings. The van der Waals surface area contributed by atoms with Crippen LogP contribution in [0, 0.1) is 0 Å². The Morgan fingerprint density at radius 1 is 1.53 bits per heavy atom. The van der Waals surface area contributed by atoms with E-state index in [9.17, 15) is 0 Å². The molecule has 5 nitrogen and oxygen atoms in total. The Morgan fingerprint density at radius 3 is 2.82 bits per heavy atom. The van der Waals surface area contributed by atoms with Crippen molar-refractivity contribution in [3.05, 3.63) is 17.7 Å². The Balaban J connectivity index is 2.16. The molecule has 0 saturated carbocycles. The topological polar surface area (TPSA) is 63.8 Å². The van der Waals surface area contributed by atoms with E-state index in [4.69, 9.17) is 5.11 Å². The number of imidazole rings is 1. The van der Waals surface area contributed by atoms with E-state index in [-0.39, 0.29) is 6.61 Å². The van der Waals surface area contributed by atoms with Gasteiger partial charge in [-0.25, -0.2) is 9.97 Å². The van der Waals surface area contributed by atoms with E-state index in [1.165, 1.54) is 23.3 Å². The van der Waals surface area contributed by atoms with E-state index < -0.39 is 0 Å². The first-order valence-electron chi connectivity index (χ1n) is 5.24. The Bertz CT molecular complexity index is 506. The highest BCUT2D eigenvalue weighted by Crippen LogP contribution is 2.29. The van der Waals surface area contributed by atoms with Crippen LogP contribution in [0.15, 0.2) is 15.7 Å². The molecule has 0 saturated heterocycles. The van der Waals surface area contributed by atoms with Crippen molar-refractivity contribution in [2.75, 3.05) is 0 Å². The number of hydrogen-bond acceptors (Lipinski definition) is 6. The molecule has 92 valence electrons. The van der Waals surface area contributed by atoms with Crippen LogP contribution in [0.25, 0.3) is 0 Å². The summed E-state index contributed by atoms with van der Waals surface area (Å²) in [5, 5.41) is 9.90. The van der Waals surface area contributed by atoms with E-state index >= 15 is 0 Å². The summed E-state index contributed by atoms with van der Waals surface area (Å²) in [4.78, 5) is 8.68. The van der Waals surface area contributed by atoms with Crippen molar-refractivity contribution < 1.29 is 5.11 Å². The minimum absolute atomic E-state index is 0.00256. The lowest BCUT2D eigenvalue weighted by Crippen LogP contribution is -1.97. The van der Waals surface area contributed by atoms with Gasteiger partial charge in [-0.2, -0.15) is 4.37 Å². The molecule has 0 aliphatic rings. The number of rotatable bonds is 4. The molecule has 2 heterocycles. The second-order valence-electron chi connectivity index (χ2n) is 3.92. The van der Waals surface area contributed by atoms with Crippen LogP contribution < -0.4 is 0 Å². The van der Waals surface area contributed by atoms with Gasteiger partial charge in [0.1, 0.15) is 5.82 Å². The smallest absolute Gasteiger partial charge is 0.177 e. The Hall–Kier alpha value is -0.920. The summed E-state index contributed by atoms with van der Waals surface area (Å²) < 4.78 is 7.04.